The van der Waals surface area contributed by atoms with E-state index in [0.29, 0.717) is 0 Å². The Labute approximate surface area is 182 Å². The molecule has 0 atom stereocenters. The summed E-state index contributed by atoms with van der Waals surface area (Å²) >= 11 is 6.31. The van der Waals surface area contributed by atoms with E-state index in [1.165, 1.54) is 19.4 Å². The molecule has 0 unspecified atom stereocenters. The molecule has 0 saturated heterocycles. The van der Waals surface area contributed by atoms with E-state index in [1.807, 2.05) is 30.5 Å². The third-order valence-corrected chi connectivity index (χ3v) is 4.91. The Balaban J connectivity index is 1.79. The number of ether oxygens (including phenoxy) is 1. The van der Waals surface area contributed by atoms with Gasteiger partial charge in [-0.25, -0.2) is 5.43 Å². The average Bonchev–Trinajstić information content (AvgIpc) is 3.06. The maximum absolute atomic E-state index is 12.5. The zero-order valence-corrected chi connectivity index (χ0v) is 17.7. The minimum atomic E-state index is -0.747. The van der Waals surface area contributed by atoms with E-state index in [9.17, 15) is 20.0 Å². The fourth-order valence-electron chi connectivity index (χ4n) is 3.11. The smallest absolute Gasteiger partial charge is 0.315 e. The molecule has 3 rings (SSSR count). The minimum Gasteiger partial charge on any atom is -0.500 e. The Kier molecular flexibility index (Phi) is 6.26. The quantitative estimate of drug-likeness (QED) is 0.338. The standard InChI is InChI=1S/C21H19ClN4O5/c1-12-4-5-13(2)25(12)15-6-7-16(17(22)10-15)21(28)24-23-11-14-8-18(26(29)30)20(27)19(9-14)31-3/h4-11,27H,1-3H3,(H,24,28)/b23-11+. The van der Waals surface area contributed by atoms with Gasteiger partial charge < -0.3 is 14.4 Å². The SMILES string of the molecule is COc1cc(/C=N/NC(=O)c2ccc(-n3c(C)ccc3C)cc2Cl)cc([N+](=O)[O-])c1O. The summed E-state index contributed by atoms with van der Waals surface area (Å²) in [7, 11) is 1.27. The fraction of sp³-hybridized carbons (Fsp3) is 0.143. The van der Waals surface area contributed by atoms with Gasteiger partial charge in [0.2, 0.25) is 5.75 Å². The van der Waals surface area contributed by atoms with Crippen LogP contribution >= 0.6 is 11.6 Å². The summed E-state index contributed by atoms with van der Waals surface area (Å²) in [5.74, 6) is -1.22. The van der Waals surface area contributed by atoms with Crippen LogP contribution in [-0.2, 0) is 0 Å². The molecule has 0 fully saturated rings. The van der Waals surface area contributed by atoms with E-state index in [0.717, 1.165) is 23.1 Å². The maximum Gasteiger partial charge on any atom is 0.315 e. The van der Waals surface area contributed by atoms with E-state index < -0.39 is 22.3 Å². The molecular weight excluding hydrogens is 424 g/mol. The van der Waals surface area contributed by atoms with Crippen LogP contribution in [-0.4, -0.2) is 33.8 Å². The topological polar surface area (TPSA) is 119 Å². The van der Waals surface area contributed by atoms with Gasteiger partial charge in [0.05, 0.1) is 28.8 Å². The second-order valence-electron chi connectivity index (χ2n) is 6.66. The first kappa shape index (κ1) is 21.8. The van der Waals surface area contributed by atoms with Gasteiger partial charge in [-0.15, -0.1) is 0 Å². The summed E-state index contributed by atoms with van der Waals surface area (Å²) in [5.41, 5.74) is 5.16. The number of hydrazone groups is 1. The second kappa shape index (κ2) is 8.88. The summed E-state index contributed by atoms with van der Waals surface area (Å²) in [6.45, 7) is 3.94. The van der Waals surface area contributed by atoms with Crippen LogP contribution in [0.15, 0.2) is 47.6 Å². The Morgan fingerprint density at radius 1 is 1.23 bits per heavy atom. The minimum absolute atomic E-state index is 0.0868. The van der Waals surface area contributed by atoms with Gasteiger partial charge in [-0.2, -0.15) is 5.10 Å². The lowest BCUT2D eigenvalue weighted by Gasteiger charge is -2.11. The summed E-state index contributed by atoms with van der Waals surface area (Å²) in [6.07, 6.45) is 1.20. The number of phenols is 1. The molecule has 0 aliphatic heterocycles. The molecule has 0 aliphatic rings. The van der Waals surface area contributed by atoms with Gasteiger partial charge in [0.15, 0.2) is 5.75 Å². The number of hydrogen-bond donors (Lipinski definition) is 2. The third kappa shape index (κ3) is 4.51. The lowest BCUT2D eigenvalue weighted by molar-refractivity contribution is -0.386. The van der Waals surface area contributed by atoms with Gasteiger partial charge in [0.25, 0.3) is 5.91 Å². The number of nitro groups is 1. The number of nitrogens with one attached hydrogen (secondary N) is 1. The molecule has 10 heteroatoms. The predicted molar refractivity (Wildman–Crippen MR) is 117 cm³/mol. The molecule has 0 aliphatic carbocycles. The second-order valence-corrected chi connectivity index (χ2v) is 7.07. The van der Waals surface area contributed by atoms with Crippen molar-refractivity contribution in [2.75, 3.05) is 7.11 Å². The van der Waals surface area contributed by atoms with Crippen LogP contribution in [0, 0.1) is 24.0 Å². The van der Waals surface area contributed by atoms with Crippen molar-refractivity contribution in [1.29, 1.82) is 0 Å². The van der Waals surface area contributed by atoms with Crippen LogP contribution in [0.4, 0.5) is 5.69 Å². The molecule has 0 spiro atoms. The molecule has 0 saturated carbocycles. The zero-order valence-electron chi connectivity index (χ0n) is 16.9. The van der Waals surface area contributed by atoms with Crippen LogP contribution < -0.4 is 10.2 Å². The van der Waals surface area contributed by atoms with Gasteiger partial charge in [0.1, 0.15) is 0 Å². The molecule has 3 aromatic rings. The lowest BCUT2D eigenvalue weighted by Crippen LogP contribution is -2.18. The van der Waals surface area contributed by atoms with E-state index in [4.69, 9.17) is 16.3 Å². The number of rotatable bonds is 6. The number of halogens is 1. The molecule has 31 heavy (non-hydrogen) atoms. The van der Waals surface area contributed by atoms with Gasteiger partial charge in [-0.3, -0.25) is 14.9 Å². The summed E-state index contributed by atoms with van der Waals surface area (Å²) in [4.78, 5) is 22.8. The predicted octanol–water partition coefficient (Wildman–Crippen LogP) is 4.13. The summed E-state index contributed by atoms with van der Waals surface area (Å²) in [6, 6.07) is 11.5. The number of aryl methyl sites for hydroxylation is 2. The van der Waals surface area contributed by atoms with E-state index >= 15 is 0 Å². The Hall–Kier alpha value is -3.85. The number of benzene rings is 2. The Bertz CT molecular complexity index is 1180. The molecule has 1 heterocycles. The first-order chi connectivity index (χ1) is 14.7. The number of phenolic OH excluding ortho intramolecular Hbond substituents is 1. The first-order valence-electron chi connectivity index (χ1n) is 9.06. The van der Waals surface area contributed by atoms with Crippen molar-refractivity contribution < 1.29 is 19.6 Å². The van der Waals surface area contributed by atoms with Crippen LogP contribution in [0.1, 0.15) is 27.3 Å². The van der Waals surface area contributed by atoms with Crippen LogP contribution in [0.3, 0.4) is 0 Å². The number of carbonyl (C=O) groups is 1. The zero-order chi connectivity index (χ0) is 22.7. The van der Waals surface area contributed by atoms with Gasteiger partial charge >= 0.3 is 5.69 Å². The highest BCUT2D eigenvalue weighted by atomic mass is 35.5. The monoisotopic (exact) mass is 442 g/mol. The van der Waals surface area contributed by atoms with Crippen molar-refractivity contribution in [1.82, 2.24) is 9.99 Å². The molecule has 1 amide bonds. The van der Waals surface area contributed by atoms with E-state index in [-0.39, 0.29) is 21.9 Å². The van der Waals surface area contributed by atoms with Gasteiger partial charge in [-0.1, -0.05) is 11.6 Å². The highest BCUT2D eigenvalue weighted by Crippen LogP contribution is 2.36. The molecular formula is C21H19ClN4O5. The number of carbonyl (C=O) groups excluding carboxylic acids is 1. The molecule has 1 aromatic heterocycles. The van der Waals surface area contributed by atoms with Crippen molar-refractivity contribution in [3.63, 3.8) is 0 Å². The average molecular weight is 443 g/mol. The number of nitrogens with zero attached hydrogens (tertiary/aromatic N) is 3. The first-order valence-corrected chi connectivity index (χ1v) is 9.44. The molecule has 160 valence electrons. The van der Waals surface area contributed by atoms with E-state index in [1.54, 1.807) is 18.2 Å². The molecule has 9 nitrogen and oxygen atoms in total. The summed E-state index contributed by atoms with van der Waals surface area (Å²) in [5, 5.41) is 24.9. The van der Waals surface area contributed by atoms with Crippen molar-refractivity contribution in [3.05, 3.63) is 80.1 Å². The number of methoxy groups -OCH3 is 1. The maximum atomic E-state index is 12.5. The normalized spacial score (nSPS) is 11.0. The molecule has 0 radical (unpaired) electrons. The Morgan fingerprint density at radius 3 is 2.48 bits per heavy atom. The fourth-order valence-corrected chi connectivity index (χ4v) is 3.37. The van der Waals surface area contributed by atoms with E-state index in [2.05, 4.69) is 10.5 Å². The van der Waals surface area contributed by atoms with Crippen molar-refractivity contribution in [3.8, 4) is 17.2 Å². The van der Waals surface area contributed by atoms with Crippen LogP contribution in [0.2, 0.25) is 5.02 Å². The number of nitro benzene ring substituents is 1. The number of aromatic nitrogens is 1. The summed E-state index contributed by atoms with van der Waals surface area (Å²) < 4.78 is 6.94. The highest BCUT2D eigenvalue weighted by Gasteiger charge is 2.19. The lowest BCUT2D eigenvalue weighted by atomic mass is 10.2. The van der Waals surface area contributed by atoms with Crippen LogP contribution in [0.25, 0.3) is 5.69 Å². The number of hydrogen-bond acceptors (Lipinski definition) is 6. The number of aromatic hydroxyl groups is 1. The van der Waals surface area contributed by atoms with Crippen molar-refractivity contribution in [2.24, 2.45) is 5.10 Å². The highest BCUT2D eigenvalue weighted by molar-refractivity contribution is 6.34. The molecule has 2 aromatic carbocycles. The van der Waals surface area contributed by atoms with Crippen LogP contribution in [0.5, 0.6) is 11.5 Å². The van der Waals surface area contributed by atoms with Gasteiger partial charge in [-0.05, 0) is 50.2 Å². The molecule has 0 bridgehead atoms. The molecule has 2 N–H and O–H groups in total. The van der Waals surface area contributed by atoms with Crippen molar-refractivity contribution >= 4 is 29.4 Å². The van der Waals surface area contributed by atoms with Gasteiger partial charge in [0, 0.05) is 28.7 Å². The van der Waals surface area contributed by atoms with Crippen molar-refractivity contribution in [2.45, 2.75) is 13.8 Å². The third-order valence-electron chi connectivity index (χ3n) is 4.60. The Morgan fingerprint density at radius 2 is 1.90 bits per heavy atom. The largest absolute Gasteiger partial charge is 0.500 e. The number of amides is 1.